The summed E-state index contributed by atoms with van der Waals surface area (Å²) >= 11 is 0. The van der Waals surface area contributed by atoms with Crippen LogP contribution in [0.25, 0.3) is 0 Å². The van der Waals surface area contributed by atoms with E-state index >= 15 is 0 Å². The van der Waals surface area contributed by atoms with Crippen LogP contribution in [0.4, 0.5) is 0 Å². The molecule has 0 spiro atoms. The minimum Gasteiger partial charge on any atom is -0.396 e. The van der Waals surface area contributed by atoms with Crippen molar-refractivity contribution in [2.45, 2.75) is 33.1 Å². The van der Waals surface area contributed by atoms with Gasteiger partial charge in [0.05, 0.1) is 13.2 Å². The minimum atomic E-state index is -0.322. The van der Waals surface area contributed by atoms with Crippen molar-refractivity contribution in [2.75, 3.05) is 13.2 Å². The van der Waals surface area contributed by atoms with Crippen LogP contribution in [0.1, 0.15) is 33.1 Å². The number of hydrogen-bond donors (Lipinski definition) is 2. The number of allylic oxidation sites excluding steroid dienone is 2. The van der Waals surface area contributed by atoms with Gasteiger partial charge in [-0.15, -0.1) is 0 Å². The molecule has 0 amide bonds. The van der Waals surface area contributed by atoms with Gasteiger partial charge in [-0.2, -0.15) is 0 Å². The molecular formula is C12H22O2. The number of aliphatic hydroxyl groups is 2. The maximum atomic E-state index is 9.51. The molecule has 0 saturated carbocycles. The van der Waals surface area contributed by atoms with E-state index in [1.807, 2.05) is 0 Å². The third-order valence-electron chi connectivity index (χ3n) is 3.73. The van der Waals surface area contributed by atoms with Crippen molar-refractivity contribution in [3.05, 3.63) is 12.2 Å². The Morgan fingerprint density at radius 3 is 2.36 bits per heavy atom. The number of hydrogen-bond acceptors (Lipinski definition) is 2. The van der Waals surface area contributed by atoms with E-state index in [-0.39, 0.29) is 18.6 Å². The molecule has 2 N–H and O–H groups in total. The van der Waals surface area contributed by atoms with Crippen molar-refractivity contribution in [1.82, 2.24) is 0 Å². The second-order valence-electron chi connectivity index (χ2n) is 4.67. The summed E-state index contributed by atoms with van der Waals surface area (Å²) in [4.78, 5) is 0. The standard InChI is InChI=1S/C12H22O2/c1-10(2)12(8-13,9-14)11-6-4-3-5-7-11/h4,6,10-11,13-14H,3,5,7-9H2,1-2H3. The van der Waals surface area contributed by atoms with Crippen molar-refractivity contribution < 1.29 is 10.2 Å². The largest absolute Gasteiger partial charge is 0.396 e. The summed E-state index contributed by atoms with van der Waals surface area (Å²) in [7, 11) is 0. The van der Waals surface area contributed by atoms with E-state index in [9.17, 15) is 10.2 Å². The van der Waals surface area contributed by atoms with Gasteiger partial charge in [-0.3, -0.25) is 0 Å². The van der Waals surface area contributed by atoms with E-state index in [4.69, 9.17) is 0 Å². The molecule has 0 aromatic rings. The second kappa shape index (κ2) is 4.94. The summed E-state index contributed by atoms with van der Waals surface area (Å²) in [6, 6.07) is 0. The molecular weight excluding hydrogens is 176 g/mol. The lowest BCUT2D eigenvalue weighted by Gasteiger charge is -2.41. The van der Waals surface area contributed by atoms with Crippen LogP contribution in [0.2, 0.25) is 0 Å². The normalized spacial score (nSPS) is 23.1. The van der Waals surface area contributed by atoms with Crippen molar-refractivity contribution in [3.63, 3.8) is 0 Å². The van der Waals surface area contributed by atoms with Crippen LogP contribution in [0.5, 0.6) is 0 Å². The summed E-state index contributed by atoms with van der Waals surface area (Å²) < 4.78 is 0. The van der Waals surface area contributed by atoms with E-state index in [1.54, 1.807) is 0 Å². The quantitative estimate of drug-likeness (QED) is 0.678. The zero-order valence-electron chi connectivity index (χ0n) is 9.24. The Morgan fingerprint density at radius 2 is 2.00 bits per heavy atom. The van der Waals surface area contributed by atoms with Crippen LogP contribution < -0.4 is 0 Å². The highest BCUT2D eigenvalue weighted by Gasteiger charge is 2.39. The van der Waals surface area contributed by atoms with Crippen LogP contribution in [-0.2, 0) is 0 Å². The van der Waals surface area contributed by atoms with Crippen LogP contribution in [-0.4, -0.2) is 23.4 Å². The first-order valence-corrected chi connectivity index (χ1v) is 5.55. The molecule has 1 unspecified atom stereocenters. The smallest absolute Gasteiger partial charge is 0.0517 e. The van der Waals surface area contributed by atoms with Crippen LogP contribution in [0, 0.1) is 17.3 Å². The second-order valence-corrected chi connectivity index (χ2v) is 4.67. The summed E-state index contributed by atoms with van der Waals surface area (Å²) in [6.07, 6.45) is 7.76. The van der Waals surface area contributed by atoms with E-state index in [0.29, 0.717) is 11.8 Å². The van der Waals surface area contributed by atoms with Gasteiger partial charge in [-0.25, -0.2) is 0 Å². The molecule has 0 bridgehead atoms. The van der Waals surface area contributed by atoms with Crippen molar-refractivity contribution >= 4 is 0 Å². The van der Waals surface area contributed by atoms with E-state index < -0.39 is 0 Å². The average molecular weight is 198 g/mol. The maximum absolute atomic E-state index is 9.51. The molecule has 0 aromatic carbocycles. The Morgan fingerprint density at radius 1 is 1.36 bits per heavy atom. The van der Waals surface area contributed by atoms with Gasteiger partial charge < -0.3 is 10.2 Å². The average Bonchev–Trinajstić information content (AvgIpc) is 2.22. The molecule has 1 aliphatic rings. The van der Waals surface area contributed by atoms with Crippen molar-refractivity contribution in [1.29, 1.82) is 0 Å². The molecule has 0 aromatic heterocycles. The lowest BCUT2D eigenvalue weighted by molar-refractivity contribution is -0.0222. The van der Waals surface area contributed by atoms with Crippen molar-refractivity contribution in [2.24, 2.45) is 17.3 Å². The monoisotopic (exact) mass is 198 g/mol. The molecule has 2 nitrogen and oxygen atoms in total. The Labute approximate surface area is 86.6 Å². The third kappa shape index (κ3) is 2.01. The van der Waals surface area contributed by atoms with E-state index in [1.165, 1.54) is 6.42 Å². The van der Waals surface area contributed by atoms with Gasteiger partial charge in [0.25, 0.3) is 0 Å². The predicted molar refractivity (Wildman–Crippen MR) is 57.9 cm³/mol. The zero-order chi connectivity index (χ0) is 10.6. The first-order valence-electron chi connectivity index (χ1n) is 5.55. The number of aliphatic hydroxyl groups excluding tert-OH is 2. The zero-order valence-corrected chi connectivity index (χ0v) is 9.24. The molecule has 0 aliphatic heterocycles. The van der Waals surface area contributed by atoms with Gasteiger partial charge in [0.15, 0.2) is 0 Å². The minimum absolute atomic E-state index is 0.0795. The fraction of sp³-hybridized carbons (Fsp3) is 0.833. The molecule has 1 rings (SSSR count). The Kier molecular flexibility index (Phi) is 4.14. The molecule has 0 heterocycles. The summed E-state index contributed by atoms with van der Waals surface area (Å²) in [5.74, 6) is 0.650. The van der Waals surface area contributed by atoms with Gasteiger partial charge in [0, 0.05) is 5.41 Å². The fourth-order valence-corrected chi connectivity index (χ4v) is 2.37. The van der Waals surface area contributed by atoms with Crippen LogP contribution in [0.15, 0.2) is 12.2 Å². The third-order valence-corrected chi connectivity index (χ3v) is 3.73. The van der Waals surface area contributed by atoms with E-state index in [0.717, 1.165) is 12.8 Å². The fourth-order valence-electron chi connectivity index (χ4n) is 2.37. The van der Waals surface area contributed by atoms with Crippen molar-refractivity contribution in [3.8, 4) is 0 Å². The number of rotatable bonds is 4. The summed E-state index contributed by atoms with van der Waals surface area (Å²) in [6.45, 7) is 4.32. The summed E-state index contributed by atoms with van der Waals surface area (Å²) in [5, 5.41) is 19.0. The molecule has 1 aliphatic carbocycles. The first kappa shape index (κ1) is 11.7. The lowest BCUT2D eigenvalue weighted by atomic mass is 9.66. The maximum Gasteiger partial charge on any atom is 0.0517 e. The van der Waals surface area contributed by atoms with Gasteiger partial charge in [-0.05, 0) is 31.1 Å². The lowest BCUT2D eigenvalue weighted by Crippen LogP contribution is -2.42. The molecule has 14 heavy (non-hydrogen) atoms. The molecule has 0 radical (unpaired) electrons. The SMILES string of the molecule is CC(C)C(CO)(CO)C1C=CCCC1. The van der Waals surface area contributed by atoms with Gasteiger partial charge >= 0.3 is 0 Å². The highest BCUT2D eigenvalue weighted by Crippen LogP contribution is 2.40. The predicted octanol–water partition coefficient (Wildman–Crippen LogP) is 1.97. The van der Waals surface area contributed by atoms with Gasteiger partial charge in [0.1, 0.15) is 0 Å². The summed E-state index contributed by atoms with van der Waals surface area (Å²) in [5.41, 5.74) is -0.322. The molecule has 2 heteroatoms. The highest BCUT2D eigenvalue weighted by atomic mass is 16.3. The Bertz CT molecular complexity index is 192. The van der Waals surface area contributed by atoms with Gasteiger partial charge in [-0.1, -0.05) is 26.0 Å². The Balaban J connectivity index is 2.84. The first-order chi connectivity index (χ1) is 6.67. The van der Waals surface area contributed by atoms with Crippen LogP contribution >= 0.6 is 0 Å². The molecule has 1 atom stereocenters. The van der Waals surface area contributed by atoms with E-state index in [2.05, 4.69) is 26.0 Å². The topological polar surface area (TPSA) is 40.5 Å². The molecule has 0 saturated heterocycles. The Hall–Kier alpha value is -0.340. The molecule has 82 valence electrons. The highest BCUT2D eigenvalue weighted by molar-refractivity contribution is 5.02. The van der Waals surface area contributed by atoms with Crippen LogP contribution in [0.3, 0.4) is 0 Å². The van der Waals surface area contributed by atoms with Gasteiger partial charge in [0.2, 0.25) is 0 Å². The molecule has 0 fully saturated rings.